The highest BCUT2D eigenvalue weighted by Crippen LogP contribution is 2.21. The molecule has 4 amide bonds. The highest BCUT2D eigenvalue weighted by Gasteiger charge is 2.38. The molecule has 0 atom stereocenters. The molecular formula is C29H56N4O8. The van der Waals surface area contributed by atoms with Gasteiger partial charge in [-0.3, -0.25) is 0 Å². The number of rotatable bonds is 20. The van der Waals surface area contributed by atoms with Crippen LogP contribution < -0.4 is 21.3 Å². The number of ether oxygens (including phenoxy) is 4. The van der Waals surface area contributed by atoms with Crippen molar-refractivity contribution in [2.75, 3.05) is 52.6 Å². The summed E-state index contributed by atoms with van der Waals surface area (Å²) in [6, 6.07) is 0. The van der Waals surface area contributed by atoms with E-state index in [9.17, 15) is 19.2 Å². The van der Waals surface area contributed by atoms with Gasteiger partial charge in [0.2, 0.25) is 0 Å². The zero-order chi connectivity index (χ0) is 31.3. The Morgan fingerprint density at radius 1 is 0.439 bits per heavy atom. The molecule has 0 aliphatic carbocycles. The van der Waals surface area contributed by atoms with Gasteiger partial charge >= 0.3 is 24.4 Å². The number of amides is 4. The summed E-state index contributed by atoms with van der Waals surface area (Å²) in [6.07, 6.45) is 0.327. The Labute approximate surface area is 246 Å². The molecule has 0 radical (unpaired) electrons. The van der Waals surface area contributed by atoms with Crippen molar-refractivity contribution in [3.63, 3.8) is 0 Å². The quantitative estimate of drug-likeness (QED) is 0.144. The maximum Gasteiger partial charge on any atom is 0.407 e. The van der Waals surface area contributed by atoms with Gasteiger partial charge in [0.05, 0.1) is 0 Å². The average Bonchev–Trinajstić information content (AvgIpc) is 2.87. The van der Waals surface area contributed by atoms with Gasteiger partial charge in [-0.25, -0.2) is 19.2 Å². The van der Waals surface area contributed by atoms with Crippen molar-refractivity contribution in [2.45, 2.75) is 81.1 Å². The summed E-state index contributed by atoms with van der Waals surface area (Å²) in [5, 5.41) is 10.7. The monoisotopic (exact) mass is 588 g/mol. The average molecular weight is 589 g/mol. The fourth-order valence-corrected chi connectivity index (χ4v) is 3.18. The molecule has 0 aliphatic heterocycles. The molecule has 41 heavy (non-hydrogen) atoms. The van der Waals surface area contributed by atoms with Gasteiger partial charge in [-0.15, -0.1) is 0 Å². The van der Waals surface area contributed by atoms with Crippen molar-refractivity contribution in [3.05, 3.63) is 0 Å². The van der Waals surface area contributed by atoms with E-state index in [1.54, 1.807) is 0 Å². The minimum atomic E-state index is -1.35. The SMILES string of the molecule is CC(C)CCNC(=O)OCC(COC(=O)NCCC(C)C)(COC(=O)NCCC(C)C)COC(=O)NCCC(C)C. The third-order valence-corrected chi connectivity index (χ3v) is 6.00. The molecule has 0 heterocycles. The van der Waals surface area contributed by atoms with Crippen molar-refractivity contribution < 1.29 is 38.1 Å². The maximum absolute atomic E-state index is 12.4. The Hall–Kier alpha value is -2.92. The van der Waals surface area contributed by atoms with Crippen LogP contribution >= 0.6 is 0 Å². The summed E-state index contributed by atoms with van der Waals surface area (Å²) in [7, 11) is 0. The lowest BCUT2D eigenvalue weighted by molar-refractivity contribution is -0.0487. The number of carbonyl (C=O) groups is 4. The summed E-state index contributed by atoms with van der Waals surface area (Å²) in [5.74, 6) is 1.56. The highest BCUT2D eigenvalue weighted by atomic mass is 16.6. The standard InChI is InChI=1S/C29H56N4O8/c1-21(2)9-13-30-25(34)38-17-29(18-39-26(35)31-14-10-22(3)4,19-40-27(36)32-15-11-23(5)6)20-41-28(37)33-16-12-24(7)8/h21-24H,9-20H2,1-8H3,(H,30,34)(H,31,35)(H,32,36)(H,33,37). The Bertz CT molecular complexity index is 634. The summed E-state index contributed by atoms with van der Waals surface area (Å²) in [6.45, 7) is 16.6. The van der Waals surface area contributed by atoms with Gasteiger partial charge in [0.25, 0.3) is 0 Å². The zero-order valence-electron chi connectivity index (χ0n) is 26.6. The molecule has 0 aliphatic rings. The second-order valence-electron chi connectivity index (χ2n) is 12.2. The Balaban J connectivity index is 5.58. The molecule has 12 nitrogen and oxygen atoms in total. The zero-order valence-corrected chi connectivity index (χ0v) is 26.6. The van der Waals surface area contributed by atoms with Crippen LogP contribution in [0.2, 0.25) is 0 Å². The minimum absolute atomic E-state index is 0.335. The van der Waals surface area contributed by atoms with Gasteiger partial charge in [-0.05, 0) is 49.4 Å². The molecule has 0 saturated carbocycles. The van der Waals surface area contributed by atoms with E-state index in [2.05, 4.69) is 21.3 Å². The van der Waals surface area contributed by atoms with E-state index in [0.29, 0.717) is 49.9 Å². The summed E-state index contributed by atoms with van der Waals surface area (Å²) < 4.78 is 21.8. The van der Waals surface area contributed by atoms with Crippen molar-refractivity contribution in [1.29, 1.82) is 0 Å². The number of hydrogen-bond donors (Lipinski definition) is 4. The Morgan fingerprint density at radius 3 is 0.805 bits per heavy atom. The van der Waals surface area contributed by atoms with Gasteiger partial charge < -0.3 is 40.2 Å². The molecule has 4 N–H and O–H groups in total. The van der Waals surface area contributed by atoms with E-state index >= 15 is 0 Å². The third kappa shape index (κ3) is 22.5. The molecular weight excluding hydrogens is 532 g/mol. The van der Waals surface area contributed by atoms with E-state index in [1.807, 2.05) is 55.4 Å². The smallest absolute Gasteiger partial charge is 0.407 e. The first-order valence-electron chi connectivity index (χ1n) is 14.9. The fourth-order valence-electron chi connectivity index (χ4n) is 3.18. The van der Waals surface area contributed by atoms with Crippen LogP contribution in [0.3, 0.4) is 0 Å². The number of alkyl carbamates (subject to hydrolysis) is 4. The minimum Gasteiger partial charge on any atom is -0.449 e. The molecule has 240 valence electrons. The van der Waals surface area contributed by atoms with Crippen LogP contribution in [0.5, 0.6) is 0 Å². The molecule has 0 fully saturated rings. The van der Waals surface area contributed by atoms with Crippen LogP contribution in [-0.2, 0) is 18.9 Å². The summed E-state index contributed by atoms with van der Waals surface area (Å²) >= 11 is 0. The van der Waals surface area contributed by atoms with Crippen molar-refractivity contribution in [2.24, 2.45) is 29.1 Å². The van der Waals surface area contributed by atoms with Crippen molar-refractivity contribution >= 4 is 24.4 Å². The first-order chi connectivity index (χ1) is 19.2. The predicted molar refractivity (Wildman–Crippen MR) is 158 cm³/mol. The van der Waals surface area contributed by atoms with Gasteiger partial charge in [0, 0.05) is 26.2 Å². The largest absolute Gasteiger partial charge is 0.449 e. The van der Waals surface area contributed by atoms with Crippen LogP contribution in [0, 0.1) is 29.1 Å². The lowest BCUT2D eigenvalue weighted by Gasteiger charge is -2.31. The Morgan fingerprint density at radius 2 is 0.634 bits per heavy atom. The van der Waals surface area contributed by atoms with Gasteiger partial charge in [0.1, 0.15) is 31.8 Å². The normalized spacial score (nSPS) is 11.4. The van der Waals surface area contributed by atoms with Crippen LogP contribution in [0.4, 0.5) is 19.2 Å². The van der Waals surface area contributed by atoms with E-state index in [4.69, 9.17) is 18.9 Å². The van der Waals surface area contributed by atoms with E-state index in [0.717, 1.165) is 25.7 Å². The van der Waals surface area contributed by atoms with Gasteiger partial charge in [0.15, 0.2) is 0 Å². The van der Waals surface area contributed by atoms with Crippen LogP contribution in [-0.4, -0.2) is 77.0 Å². The number of hydrogen-bond acceptors (Lipinski definition) is 8. The number of nitrogens with one attached hydrogen (secondary N) is 4. The van der Waals surface area contributed by atoms with E-state index < -0.39 is 29.8 Å². The van der Waals surface area contributed by atoms with E-state index in [-0.39, 0.29) is 26.4 Å². The lowest BCUT2D eigenvalue weighted by atomic mass is 9.92. The predicted octanol–water partition coefficient (Wildman–Crippen LogP) is 5.06. The molecule has 12 heteroatoms. The second kappa shape index (κ2) is 21.8. The Kier molecular flexibility index (Phi) is 20.2. The summed E-state index contributed by atoms with van der Waals surface area (Å²) in [5.41, 5.74) is -1.35. The molecule has 0 aromatic carbocycles. The molecule has 0 unspecified atom stereocenters. The molecule has 0 rings (SSSR count). The van der Waals surface area contributed by atoms with Gasteiger partial charge in [-0.1, -0.05) is 55.4 Å². The molecule has 0 saturated heterocycles. The molecule has 0 bridgehead atoms. The van der Waals surface area contributed by atoms with Gasteiger partial charge in [-0.2, -0.15) is 0 Å². The highest BCUT2D eigenvalue weighted by molar-refractivity contribution is 5.69. The van der Waals surface area contributed by atoms with Crippen LogP contribution in [0.25, 0.3) is 0 Å². The molecule has 0 aromatic rings. The van der Waals surface area contributed by atoms with Crippen LogP contribution in [0.15, 0.2) is 0 Å². The summed E-state index contributed by atoms with van der Waals surface area (Å²) in [4.78, 5) is 49.6. The first kappa shape index (κ1) is 38.1. The number of carbonyl (C=O) groups excluding carboxylic acids is 4. The van der Waals surface area contributed by atoms with Crippen molar-refractivity contribution in [1.82, 2.24) is 21.3 Å². The fraction of sp³-hybridized carbons (Fsp3) is 0.862. The second-order valence-corrected chi connectivity index (χ2v) is 12.2. The third-order valence-electron chi connectivity index (χ3n) is 6.00. The first-order valence-corrected chi connectivity index (χ1v) is 14.9. The molecule has 0 aromatic heterocycles. The van der Waals surface area contributed by atoms with Crippen molar-refractivity contribution in [3.8, 4) is 0 Å². The molecule has 0 spiro atoms. The lowest BCUT2D eigenvalue weighted by Crippen LogP contribution is -2.47. The van der Waals surface area contributed by atoms with Crippen LogP contribution in [0.1, 0.15) is 81.1 Å². The maximum atomic E-state index is 12.4. The van der Waals surface area contributed by atoms with E-state index in [1.165, 1.54) is 0 Å². The topological polar surface area (TPSA) is 153 Å².